The maximum Gasteiger partial charge on any atom is 0.347 e. The lowest BCUT2D eigenvalue weighted by Gasteiger charge is -2.36. The van der Waals surface area contributed by atoms with Crippen molar-refractivity contribution in [3.63, 3.8) is 0 Å². The molecule has 1 atom stereocenters. The van der Waals surface area contributed by atoms with Crippen molar-refractivity contribution >= 4 is 17.8 Å². The van der Waals surface area contributed by atoms with Gasteiger partial charge in [-0.1, -0.05) is 55.5 Å². The molecule has 216 valence electrons. The number of amides is 1. The zero-order chi connectivity index (χ0) is 29.7. The third kappa shape index (κ3) is 5.51. The molecule has 42 heavy (non-hydrogen) atoms. The first-order valence-corrected chi connectivity index (χ1v) is 13.8. The molecule has 11 nitrogen and oxygen atoms in total. The number of phenolic OH excluding ortho intramolecular Hbond substituents is 1. The molecule has 2 N–H and O–H groups in total. The van der Waals surface area contributed by atoms with Gasteiger partial charge < -0.3 is 14.7 Å². The van der Waals surface area contributed by atoms with Gasteiger partial charge in [0.25, 0.3) is 5.91 Å². The van der Waals surface area contributed by atoms with Crippen molar-refractivity contribution in [2.75, 3.05) is 13.7 Å². The summed E-state index contributed by atoms with van der Waals surface area (Å²) < 4.78 is 6.40. The molecule has 3 aromatic carbocycles. The third-order valence-electron chi connectivity index (χ3n) is 7.45. The van der Waals surface area contributed by atoms with Crippen LogP contribution in [0.4, 0.5) is 0 Å². The fourth-order valence-corrected chi connectivity index (χ4v) is 5.31. The van der Waals surface area contributed by atoms with E-state index in [9.17, 15) is 19.5 Å². The van der Waals surface area contributed by atoms with Gasteiger partial charge in [0.15, 0.2) is 11.5 Å². The van der Waals surface area contributed by atoms with Gasteiger partial charge in [-0.05, 0) is 70.6 Å². The second-order valence-corrected chi connectivity index (χ2v) is 10.1. The summed E-state index contributed by atoms with van der Waals surface area (Å²) in [5.41, 5.74) is 2.44. The molecule has 5 rings (SSSR count). The molecule has 1 amide bonds. The predicted molar refractivity (Wildman–Crippen MR) is 154 cm³/mol. The zero-order valence-electron chi connectivity index (χ0n) is 23.5. The second-order valence-electron chi connectivity index (χ2n) is 10.1. The number of phenols is 1. The topological polar surface area (TPSA) is 140 Å². The van der Waals surface area contributed by atoms with E-state index in [2.05, 4.69) is 20.8 Å². The Balaban J connectivity index is 1.38. The minimum absolute atomic E-state index is 0.0555. The quantitative estimate of drug-likeness (QED) is 0.226. The fraction of sp³-hybridized carbons (Fsp3) is 0.290. The summed E-state index contributed by atoms with van der Waals surface area (Å²) in [6, 6.07) is 21.4. The van der Waals surface area contributed by atoms with Gasteiger partial charge in [0, 0.05) is 30.6 Å². The maximum atomic E-state index is 13.4. The number of likely N-dealkylation sites (tertiary alicyclic amines) is 1. The largest absolute Gasteiger partial charge is 0.508 e. The maximum absolute atomic E-state index is 13.4. The Bertz CT molecular complexity index is 1580. The number of carbonyl (C=O) groups is 3. The molecule has 1 aliphatic heterocycles. The molecule has 0 spiro atoms. The normalized spacial score (nSPS) is 16.4. The van der Waals surface area contributed by atoms with E-state index in [-0.39, 0.29) is 17.6 Å². The number of aromatic nitrogens is 4. The predicted octanol–water partition coefficient (Wildman–Crippen LogP) is 4.05. The number of tetrazole rings is 1. The Hall–Kier alpha value is -4.90. The van der Waals surface area contributed by atoms with Crippen molar-refractivity contribution in [3.05, 3.63) is 83.9 Å². The van der Waals surface area contributed by atoms with Crippen molar-refractivity contribution in [3.8, 4) is 28.3 Å². The monoisotopic (exact) mass is 568 g/mol. The molecule has 1 unspecified atom stereocenters. The zero-order valence-corrected chi connectivity index (χ0v) is 23.5. The lowest BCUT2D eigenvalue weighted by Crippen LogP contribution is -2.62. The Kier molecular flexibility index (Phi) is 8.39. The van der Waals surface area contributed by atoms with Crippen molar-refractivity contribution in [1.29, 1.82) is 0 Å². The lowest BCUT2D eigenvalue weighted by molar-refractivity contribution is -0.154. The molecule has 1 aliphatic rings. The van der Waals surface area contributed by atoms with Crippen molar-refractivity contribution in [1.82, 2.24) is 30.4 Å². The van der Waals surface area contributed by atoms with E-state index in [0.717, 1.165) is 22.3 Å². The third-order valence-corrected chi connectivity index (χ3v) is 7.45. The highest BCUT2D eigenvalue weighted by Gasteiger charge is 2.50. The molecule has 1 fully saturated rings. The van der Waals surface area contributed by atoms with E-state index in [1.54, 1.807) is 0 Å². The molecule has 2 heterocycles. The van der Waals surface area contributed by atoms with Crippen molar-refractivity contribution in [2.24, 2.45) is 0 Å². The molecular weight excluding hydrogens is 536 g/mol. The Morgan fingerprint density at radius 1 is 1.00 bits per heavy atom. The summed E-state index contributed by atoms with van der Waals surface area (Å²) in [4.78, 5) is 40.6. The van der Waals surface area contributed by atoms with E-state index < -0.39 is 11.6 Å². The number of hydrogen-bond donors (Lipinski definition) is 2. The van der Waals surface area contributed by atoms with E-state index in [4.69, 9.17) is 4.74 Å². The molecule has 4 aromatic rings. The van der Waals surface area contributed by atoms with Gasteiger partial charge in [0.2, 0.25) is 5.91 Å². The molecule has 0 saturated carbocycles. The number of aromatic hydroxyl groups is 1. The van der Waals surface area contributed by atoms with Gasteiger partial charge in [-0.25, -0.2) is 4.79 Å². The van der Waals surface area contributed by atoms with Crippen LogP contribution in [0.5, 0.6) is 5.75 Å². The summed E-state index contributed by atoms with van der Waals surface area (Å²) in [5.74, 6) is -0.586. The van der Waals surface area contributed by atoms with E-state index in [0.29, 0.717) is 50.2 Å². The standard InChI is InChI=1S/C31H32N6O5/c1-3-7-27(39)37-28(33-34-35-37)26-9-5-4-8-25(26)22-12-10-21(11-13-22)20-32-31(30(41)42-2)18-6-19-36(31)29(40)23-14-16-24(38)17-15-23/h4-5,8-17,32,38H,3,6-7,18-20H2,1-2H3. The van der Waals surface area contributed by atoms with Gasteiger partial charge in [0.05, 0.1) is 7.11 Å². The van der Waals surface area contributed by atoms with Crippen LogP contribution in [0.25, 0.3) is 22.5 Å². The first-order chi connectivity index (χ1) is 20.4. The van der Waals surface area contributed by atoms with E-state index >= 15 is 0 Å². The summed E-state index contributed by atoms with van der Waals surface area (Å²) in [5, 5.41) is 24.7. The SMILES string of the molecule is CCCC(=O)n1nnnc1-c1ccccc1-c1ccc(CNC2(C(=O)OC)CCCN2C(=O)c2ccc(O)cc2)cc1. The number of esters is 1. The molecule has 0 radical (unpaired) electrons. The highest BCUT2D eigenvalue weighted by molar-refractivity contribution is 5.98. The number of methoxy groups -OCH3 is 1. The number of carbonyl (C=O) groups excluding carboxylic acids is 3. The Morgan fingerprint density at radius 2 is 1.71 bits per heavy atom. The molecule has 1 aromatic heterocycles. The molecule has 1 saturated heterocycles. The summed E-state index contributed by atoms with van der Waals surface area (Å²) in [6.45, 7) is 2.62. The highest BCUT2D eigenvalue weighted by atomic mass is 16.5. The van der Waals surface area contributed by atoms with Crippen LogP contribution in [-0.2, 0) is 16.1 Å². The van der Waals surface area contributed by atoms with Gasteiger partial charge >= 0.3 is 5.97 Å². The van der Waals surface area contributed by atoms with Crippen LogP contribution in [0, 0.1) is 0 Å². The van der Waals surface area contributed by atoms with Crippen LogP contribution in [0.3, 0.4) is 0 Å². The van der Waals surface area contributed by atoms with Crippen LogP contribution in [-0.4, -0.2) is 67.3 Å². The van der Waals surface area contributed by atoms with Crippen LogP contribution < -0.4 is 5.32 Å². The van der Waals surface area contributed by atoms with Gasteiger partial charge in [-0.3, -0.25) is 14.9 Å². The number of nitrogens with zero attached hydrogens (tertiary/aromatic N) is 5. The van der Waals surface area contributed by atoms with Crippen LogP contribution in [0.15, 0.2) is 72.8 Å². The van der Waals surface area contributed by atoms with E-state index in [1.165, 1.54) is 41.0 Å². The fourth-order valence-electron chi connectivity index (χ4n) is 5.31. The highest BCUT2D eigenvalue weighted by Crippen LogP contribution is 2.33. The average molecular weight is 569 g/mol. The smallest absolute Gasteiger partial charge is 0.347 e. The number of ether oxygens (including phenoxy) is 1. The minimum atomic E-state index is -1.32. The van der Waals surface area contributed by atoms with Gasteiger partial charge in [-0.2, -0.15) is 4.68 Å². The molecule has 0 bridgehead atoms. The molecular formula is C31H32N6O5. The lowest BCUT2D eigenvalue weighted by atomic mass is 9.98. The van der Waals surface area contributed by atoms with Crippen LogP contribution in [0.1, 0.15) is 53.3 Å². The Labute approximate surface area is 243 Å². The summed E-state index contributed by atoms with van der Waals surface area (Å²) in [7, 11) is 1.31. The van der Waals surface area contributed by atoms with Crippen LogP contribution >= 0.6 is 0 Å². The Morgan fingerprint density at radius 3 is 2.40 bits per heavy atom. The van der Waals surface area contributed by atoms with E-state index in [1.807, 2.05) is 55.5 Å². The molecule has 11 heteroatoms. The van der Waals surface area contributed by atoms with Crippen LogP contribution in [0.2, 0.25) is 0 Å². The minimum Gasteiger partial charge on any atom is -0.508 e. The first-order valence-electron chi connectivity index (χ1n) is 13.8. The molecule has 0 aliphatic carbocycles. The number of nitrogens with one attached hydrogen (secondary N) is 1. The van der Waals surface area contributed by atoms with Crippen molar-refractivity contribution < 1.29 is 24.2 Å². The summed E-state index contributed by atoms with van der Waals surface area (Å²) >= 11 is 0. The van der Waals surface area contributed by atoms with Gasteiger partial charge in [-0.15, -0.1) is 5.10 Å². The van der Waals surface area contributed by atoms with Crippen molar-refractivity contribution in [2.45, 2.75) is 44.8 Å². The number of benzene rings is 3. The first kappa shape index (κ1) is 28.6. The second kappa shape index (κ2) is 12.3. The number of rotatable bonds is 9. The average Bonchev–Trinajstić information content (AvgIpc) is 3.69. The van der Waals surface area contributed by atoms with Gasteiger partial charge in [0.1, 0.15) is 5.75 Å². The summed E-state index contributed by atoms with van der Waals surface area (Å²) in [6.07, 6.45) is 2.06. The number of hydrogen-bond acceptors (Lipinski definition) is 9.